The van der Waals surface area contributed by atoms with Crippen LogP contribution in [0.3, 0.4) is 0 Å². The summed E-state index contributed by atoms with van der Waals surface area (Å²) in [4.78, 5) is 11.0. The molecule has 4 nitrogen and oxygen atoms in total. The number of alkyl halides is 3. The van der Waals surface area contributed by atoms with Crippen molar-refractivity contribution in [2.75, 3.05) is 7.11 Å². The van der Waals surface area contributed by atoms with Gasteiger partial charge in [-0.1, -0.05) is 17.7 Å². The van der Waals surface area contributed by atoms with Gasteiger partial charge in [0.2, 0.25) is 0 Å². The molecular weight excluding hydrogens is 309 g/mol. The van der Waals surface area contributed by atoms with E-state index in [1.165, 1.54) is 19.2 Å². The van der Waals surface area contributed by atoms with Gasteiger partial charge in [0.1, 0.15) is 0 Å². The minimum atomic E-state index is -4.99. The van der Waals surface area contributed by atoms with Crippen LogP contribution in [0.5, 0.6) is 5.75 Å². The lowest BCUT2D eigenvalue weighted by Gasteiger charge is -2.09. The first-order chi connectivity index (χ1) is 8.74. The van der Waals surface area contributed by atoms with Gasteiger partial charge in [0, 0.05) is 0 Å². The second-order valence-corrected chi connectivity index (χ2v) is 4.79. The lowest BCUT2D eigenvalue weighted by atomic mass is 10.1. The van der Waals surface area contributed by atoms with Gasteiger partial charge >= 0.3 is 22.6 Å². The number of benzene rings is 1. The van der Waals surface area contributed by atoms with Gasteiger partial charge in [0.25, 0.3) is 0 Å². The van der Waals surface area contributed by atoms with Crippen LogP contribution >= 0.6 is 11.6 Å². The second kappa shape index (κ2) is 6.25. The van der Waals surface area contributed by atoms with Crippen LogP contribution in [0.15, 0.2) is 18.2 Å². The average molecular weight is 317 g/mol. The molecule has 1 rings (SSSR count). The third-order valence-corrected chi connectivity index (χ3v) is 2.93. The summed E-state index contributed by atoms with van der Waals surface area (Å²) in [6.45, 7) is 0. The lowest BCUT2D eigenvalue weighted by molar-refractivity contribution is -0.139. The van der Waals surface area contributed by atoms with E-state index < -0.39 is 22.6 Å². The molecule has 19 heavy (non-hydrogen) atoms. The normalized spacial score (nSPS) is 12.9. The molecule has 0 heterocycles. The molecule has 0 saturated carbocycles. The first kappa shape index (κ1) is 15.8. The summed E-state index contributed by atoms with van der Waals surface area (Å²) < 4.78 is 55.4. The largest absolute Gasteiger partial charge is 0.508 e. The van der Waals surface area contributed by atoms with E-state index in [2.05, 4.69) is 8.92 Å². The summed E-state index contributed by atoms with van der Waals surface area (Å²) in [7, 11) is 1.20. The van der Waals surface area contributed by atoms with Crippen LogP contribution in [0.4, 0.5) is 13.2 Å². The van der Waals surface area contributed by atoms with Gasteiger partial charge in [-0.3, -0.25) is 4.79 Å². The quantitative estimate of drug-likeness (QED) is 0.801. The van der Waals surface area contributed by atoms with Crippen molar-refractivity contribution >= 4 is 28.7 Å². The van der Waals surface area contributed by atoms with Gasteiger partial charge in [-0.2, -0.15) is 13.2 Å². The van der Waals surface area contributed by atoms with E-state index >= 15 is 0 Å². The number of carbonyl (C=O) groups excluding carboxylic acids is 1. The van der Waals surface area contributed by atoms with Crippen molar-refractivity contribution in [3.63, 3.8) is 0 Å². The number of carbonyl (C=O) groups is 1. The van der Waals surface area contributed by atoms with Crippen molar-refractivity contribution in [1.82, 2.24) is 0 Å². The molecule has 106 valence electrons. The maximum Gasteiger partial charge on any atom is 0.508 e. The molecule has 0 aliphatic heterocycles. The summed E-state index contributed by atoms with van der Waals surface area (Å²) in [6.07, 6.45) is -0.0845. The minimum absolute atomic E-state index is 0.0845. The Morgan fingerprint density at radius 3 is 2.53 bits per heavy atom. The lowest BCUT2D eigenvalue weighted by Crippen LogP contribution is -2.21. The van der Waals surface area contributed by atoms with E-state index in [0.717, 1.165) is 6.07 Å². The fourth-order valence-electron chi connectivity index (χ4n) is 1.09. The minimum Gasteiger partial charge on any atom is -0.469 e. The third kappa shape index (κ3) is 4.71. The molecule has 0 N–H and O–H groups in total. The molecule has 1 atom stereocenters. The summed E-state index contributed by atoms with van der Waals surface area (Å²) in [6, 6.07) is 3.66. The van der Waals surface area contributed by atoms with Crippen LogP contribution in [-0.2, 0) is 27.0 Å². The Labute approximate surface area is 114 Å². The van der Waals surface area contributed by atoms with Gasteiger partial charge in [-0.05, 0) is 17.7 Å². The fraction of sp³-hybridized carbons (Fsp3) is 0.300. The van der Waals surface area contributed by atoms with E-state index in [0.29, 0.717) is 5.56 Å². The first-order valence-electron chi connectivity index (χ1n) is 4.76. The van der Waals surface area contributed by atoms with Crippen LogP contribution in [0.25, 0.3) is 0 Å². The summed E-state index contributed by atoms with van der Waals surface area (Å²) >= 11 is 2.18. The predicted molar refractivity (Wildman–Crippen MR) is 62.0 cm³/mol. The number of hydrogen-bond donors (Lipinski definition) is 0. The highest BCUT2D eigenvalue weighted by molar-refractivity contribution is 7.81. The van der Waals surface area contributed by atoms with Gasteiger partial charge in [0.05, 0.1) is 18.6 Å². The van der Waals surface area contributed by atoms with Crippen molar-refractivity contribution < 1.29 is 31.1 Å². The molecule has 1 unspecified atom stereocenters. The van der Waals surface area contributed by atoms with Gasteiger partial charge in [-0.15, -0.1) is 0 Å². The molecule has 1 aromatic rings. The molecule has 0 fully saturated rings. The Balaban J connectivity index is 2.83. The van der Waals surface area contributed by atoms with Gasteiger partial charge in [-0.25, -0.2) is 4.21 Å². The second-order valence-electron chi connectivity index (χ2n) is 3.28. The smallest absolute Gasteiger partial charge is 0.469 e. The SMILES string of the molecule is COC(=O)Cc1ccc(OS(=O)C(F)(F)F)c(Cl)c1. The van der Waals surface area contributed by atoms with Crippen molar-refractivity contribution in [2.45, 2.75) is 11.9 Å². The molecule has 0 radical (unpaired) electrons. The molecule has 0 spiro atoms. The van der Waals surface area contributed by atoms with Gasteiger partial charge < -0.3 is 8.92 Å². The fourth-order valence-corrected chi connectivity index (χ4v) is 1.78. The number of esters is 1. The molecule has 0 bridgehead atoms. The van der Waals surface area contributed by atoms with Crippen molar-refractivity contribution in [2.24, 2.45) is 0 Å². The molecule has 0 aliphatic carbocycles. The van der Waals surface area contributed by atoms with Crippen LogP contribution in [0, 0.1) is 0 Å². The summed E-state index contributed by atoms with van der Waals surface area (Å²) in [5.41, 5.74) is -4.56. The number of hydrogen-bond acceptors (Lipinski definition) is 4. The number of methoxy groups -OCH3 is 1. The van der Waals surface area contributed by atoms with Gasteiger partial charge in [0.15, 0.2) is 5.75 Å². The topological polar surface area (TPSA) is 52.6 Å². The number of rotatable bonds is 4. The van der Waals surface area contributed by atoms with Crippen LogP contribution in [0.1, 0.15) is 5.56 Å². The van der Waals surface area contributed by atoms with Crippen LogP contribution in [-0.4, -0.2) is 22.8 Å². The zero-order valence-electron chi connectivity index (χ0n) is 9.49. The van der Waals surface area contributed by atoms with Crippen LogP contribution in [0.2, 0.25) is 5.02 Å². The molecule has 0 aliphatic rings. The Morgan fingerprint density at radius 2 is 2.05 bits per heavy atom. The van der Waals surface area contributed by atoms with E-state index in [1.807, 2.05) is 0 Å². The maximum atomic E-state index is 12.0. The van der Waals surface area contributed by atoms with Crippen LogP contribution < -0.4 is 4.18 Å². The third-order valence-electron chi connectivity index (χ3n) is 1.93. The number of ether oxygens (including phenoxy) is 1. The molecular formula is C10H8ClF3O4S. The molecule has 0 saturated heterocycles. The highest BCUT2D eigenvalue weighted by Crippen LogP contribution is 2.30. The zero-order chi connectivity index (χ0) is 14.6. The van der Waals surface area contributed by atoms with E-state index in [1.54, 1.807) is 0 Å². The van der Waals surface area contributed by atoms with E-state index in [9.17, 15) is 22.2 Å². The Morgan fingerprint density at radius 1 is 1.42 bits per heavy atom. The molecule has 0 aromatic heterocycles. The first-order valence-corrected chi connectivity index (χ1v) is 6.21. The Bertz CT molecular complexity index is 504. The maximum absolute atomic E-state index is 12.0. The highest BCUT2D eigenvalue weighted by Gasteiger charge is 2.40. The Kier molecular flexibility index (Phi) is 5.19. The molecule has 0 amide bonds. The summed E-state index contributed by atoms with van der Waals surface area (Å²) in [5.74, 6) is -0.908. The molecule has 9 heteroatoms. The monoisotopic (exact) mass is 316 g/mol. The highest BCUT2D eigenvalue weighted by atomic mass is 35.5. The van der Waals surface area contributed by atoms with E-state index in [4.69, 9.17) is 11.6 Å². The average Bonchev–Trinajstić information content (AvgIpc) is 2.31. The summed E-state index contributed by atoms with van der Waals surface area (Å²) in [5, 5.41) is -0.181. The standard InChI is InChI=1S/C10H8ClF3O4S/c1-17-9(15)5-6-2-3-8(7(11)4-6)18-19(16)10(12,13)14/h2-4H,5H2,1H3. The predicted octanol–water partition coefficient (Wildman–Crippen LogP) is 2.62. The van der Waals surface area contributed by atoms with Crippen molar-refractivity contribution in [3.05, 3.63) is 28.8 Å². The van der Waals surface area contributed by atoms with Crippen molar-refractivity contribution in [1.29, 1.82) is 0 Å². The number of halogens is 4. The van der Waals surface area contributed by atoms with Crippen molar-refractivity contribution in [3.8, 4) is 5.75 Å². The Hall–Kier alpha value is -1.28. The molecule has 1 aromatic carbocycles. The van der Waals surface area contributed by atoms with E-state index in [-0.39, 0.29) is 17.2 Å². The zero-order valence-corrected chi connectivity index (χ0v) is 11.1.